The van der Waals surface area contributed by atoms with Gasteiger partial charge in [0.1, 0.15) is 0 Å². The zero-order valence-electron chi connectivity index (χ0n) is 6.62. The van der Waals surface area contributed by atoms with Crippen LogP contribution >= 0.6 is 0 Å². The van der Waals surface area contributed by atoms with Crippen LogP contribution in [0.25, 0.3) is 0 Å². The minimum Gasteiger partial charge on any atom is -0.390 e. The number of aliphatic hydroxyl groups excluding tert-OH is 2. The molecule has 2 atom stereocenters. The third-order valence-electron chi connectivity index (χ3n) is 1.37. The molecular weight excluding hydrogens is 128 g/mol. The average molecular weight is 144 g/mol. The molecule has 0 amide bonds. The Bertz CT molecular complexity index is 99.4. The first-order valence-corrected chi connectivity index (χ1v) is 3.71. The van der Waals surface area contributed by atoms with Crippen LogP contribution in [0.1, 0.15) is 26.7 Å². The molecule has 0 bridgehead atoms. The summed E-state index contributed by atoms with van der Waals surface area (Å²) in [4.78, 5) is 0. The first-order valence-electron chi connectivity index (χ1n) is 3.71. The Balaban J connectivity index is 3.58. The predicted octanol–water partition coefficient (Wildman–Crippen LogP) is 1.08. The van der Waals surface area contributed by atoms with E-state index in [1.165, 1.54) is 0 Å². The van der Waals surface area contributed by atoms with E-state index in [1.54, 1.807) is 12.2 Å². The van der Waals surface area contributed by atoms with Crippen LogP contribution < -0.4 is 0 Å². The second-order valence-electron chi connectivity index (χ2n) is 2.37. The summed E-state index contributed by atoms with van der Waals surface area (Å²) in [6.45, 7) is 3.80. The molecule has 0 saturated carbocycles. The van der Waals surface area contributed by atoms with Gasteiger partial charge in [-0.15, -0.1) is 0 Å². The van der Waals surface area contributed by atoms with Crippen molar-refractivity contribution in [1.82, 2.24) is 0 Å². The highest BCUT2D eigenvalue weighted by Crippen LogP contribution is 2.02. The smallest absolute Gasteiger partial charge is 0.0979 e. The standard InChI is InChI=1S/C8H16O2/c1-3-5-7(9)8(10)6-4-2/h3,5,7-10H,4,6H2,1-2H3. The molecular formula is C8H16O2. The summed E-state index contributed by atoms with van der Waals surface area (Å²) >= 11 is 0. The van der Waals surface area contributed by atoms with Crippen LogP contribution in [0, 0.1) is 0 Å². The highest BCUT2D eigenvalue weighted by Gasteiger charge is 2.10. The summed E-state index contributed by atoms with van der Waals surface area (Å²) in [7, 11) is 0. The molecule has 2 nitrogen and oxygen atoms in total. The number of aliphatic hydroxyl groups is 2. The van der Waals surface area contributed by atoms with Gasteiger partial charge in [0.05, 0.1) is 12.2 Å². The molecule has 0 saturated heterocycles. The van der Waals surface area contributed by atoms with Crippen molar-refractivity contribution in [3.05, 3.63) is 12.2 Å². The van der Waals surface area contributed by atoms with Crippen LogP contribution in [0.2, 0.25) is 0 Å². The van der Waals surface area contributed by atoms with Gasteiger partial charge in [-0.25, -0.2) is 0 Å². The number of allylic oxidation sites excluding steroid dienone is 1. The molecule has 0 aromatic heterocycles. The molecule has 2 heteroatoms. The van der Waals surface area contributed by atoms with E-state index in [4.69, 9.17) is 10.2 Å². The summed E-state index contributed by atoms with van der Waals surface area (Å²) in [5.41, 5.74) is 0. The van der Waals surface area contributed by atoms with Gasteiger partial charge in [-0.05, 0) is 13.3 Å². The quantitative estimate of drug-likeness (QED) is 0.580. The van der Waals surface area contributed by atoms with E-state index < -0.39 is 12.2 Å². The lowest BCUT2D eigenvalue weighted by atomic mass is 10.1. The van der Waals surface area contributed by atoms with Gasteiger partial charge in [-0.3, -0.25) is 0 Å². The summed E-state index contributed by atoms with van der Waals surface area (Å²) in [6.07, 6.45) is 3.61. The van der Waals surface area contributed by atoms with Gasteiger partial charge in [0.15, 0.2) is 0 Å². The van der Waals surface area contributed by atoms with Crippen LogP contribution in [-0.2, 0) is 0 Å². The Morgan fingerprint density at radius 3 is 2.40 bits per heavy atom. The van der Waals surface area contributed by atoms with E-state index in [9.17, 15) is 0 Å². The van der Waals surface area contributed by atoms with Gasteiger partial charge in [0.25, 0.3) is 0 Å². The lowest BCUT2D eigenvalue weighted by molar-refractivity contribution is 0.0427. The lowest BCUT2D eigenvalue weighted by Crippen LogP contribution is -2.23. The SMILES string of the molecule is CC=CC(O)C(O)CCC. The second kappa shape index (κ2) is 5.45. The molecule has 0 aliphatic heterocycles. The number of hydrogen-bond acceptors (Lipinski definition) is 2. The van der Waals surface area contributed by atoms with Crippen molar-refractivity contribution in [1.29, 1.82) is 0 Å². The molecule has 0 fully saturated rings. The molecule has 60 valence electrons. The summed E-state index contributed by atoms with van der Waals surface area (Å²) in [5, 5.41) is 18.3. The third kappa shape index (κ3) is 3.64. The van der Waals surface area contributed by atoms with Gasteiger partial charge < -0.3 is 10.2 Å². The van der Waals surface area contributed by atoms with Crippen LogP contribution in [0.4, 0.5) is 0 Å². The van der Waals surface area contributed by atoms with Gasteiger partial charge in [0, 0.05) is 0 Å². The van der Waals surface area contributed by atoms with Crippen molar-refractivity contribution < 1.29 is 10.2 Å². The van der Waals surface area contributed by atoms with E-state index >= 15 is 0 Å². The van der Waals surface area contributed by atoms with Crippen molar-refractivity contribution in [2.75, 3.05) is 0 Å². The molecule has 0 radical (unpaired) electrons. The Kier molecular flexibility index (Phi) is 5.26. The molecule has 0 aliphatic carbocycles. The van der Waals surface area contributed by atoms with Gasteiger partial charge >= 0.3 is 0 Å². The Morgan fingerprint density at radius 1 is 1.40 bits per heavy atom. The molecule has 0 aromatic rings. The number of rotatable bonds is 4. The molecule has 0 spiro atoms. The van der Waals surface area contributed by atoms with E-state index in [0.717, 1.165) is 6.42 Å². The fourth-order valence-electron chi connectivity index (χ4n) is 0.792. The summed E-state index contributed by atoms with van der Waals surface area (Å²) in [5.74, 6) is 0. The van der Waals surface area contributed by atoms with Crippen molar-refractivity contribution in [3.8, 4) is 0 Å². The zero-order chi connectivity index (χ0) is 7.98. The molecule has 0 aliphatic rings. The van der Waals surface area contributed by atoms with Gasteiger partial charge in [-0.2, -0.15) is 0 Å². The number of hydrogen-bond donors (Lipinski definition) is 2. The monoisotopic (exact) mass is 144 g/mol. The predicted molar refractivity (Wildman–Crippen MR) is 41.7 cm³/mol. The molecule has 2 unspecified atom stereocenters. The molecule has 0 aromatic carbocycles. The largest absolute Gasteiger partial charge is 0.390 e. The van der Waals surface area contributed by atoms with Crippen molar-refractivity contribution >= 4 is 0 Å². The molecule has 10 heavy (non-hydrogen) atoms. The average Bonchev–Trinajstić information content (AvgIpc) is 1.89. The van der Waals surface area contributed by atoms with Gasteiger partial charge in [0.2, 0.25) is 0 Å². The first-order chi connectivity index (χ1) is 4.72. The first kappa shape index (κ1) is 9.66. The van der Waals surface area contributed by atoms with Crippen molar-refractivity contribution in [2.24, 2.45) is 0 Å². The maximum absolute atomic E-state index is 9.15. The second-order valence-corrected chi connectivity index (χ2v) is 2.37. The fourth-order valence-corrected chi connectivity index (χ4v) is 0.792. The fraction of sp³-hybridized carbons (Fsp3) is 0.750. The van der Waals surface area contributed by atoms with Gasteiger partial charge in [-0.1, -0.05) is 25.5 Å². The van der Waals surface area contributed by atoms with Crippen molar-refractivity contribution in [3.63, 3.8) is 0 Å². The third-order valence-corrected chi connectivity index (χ3v) is 1.37. The van der Waals surface area contributed by atoms with Crippen molar-refractivity contribution in [2.45, 2.75) is 38.9 Å². The normalized spacial score (nSPS) is 17.6. The Morgan fingerprint density at radius 2 is 2.00 bits per heavy atom. The maximum Gasteiger partial charge on any atom is 0.0979 e. The Labute approximate surface area is 62.2 Å². The highest BCUT2D eigenvalue weighted by atomic mass is 16.3. The molecule has 0 rings (SSSR count). The summed E-state index contributed by atoms with van der Waals surface area (Å²) in [6, 6.07) is 0. The maximum atomic E-state index is 9.15. The lowest BCUT2D eigenvalue weighted by Gasteiger charge is -2.12. The Hall–Kier alpha value is -0.340. The van der Waals surface area contributed by atoms with E-state index in [-0.39, 0.29) is 0 Å². The highest BCUT2D eigenvalue weighted by molar-refractivity contribution is 4.89. The van der Waals surface area contributed by atoms with E-state index in [2.05, 4.69) is 0 Å². The minimum absolute atomic E-state index is 0.596. The van der Waals surface area contributed by atoms with E-state index in [0.29, 0.717) is 6.42 Å². The molecule has 0 heterocycles. The van der Waals surface area contributed by atoms with Crippen LogP contribution in [0.5, 0.6) is 0 Å². The zero-order valence-corrected chi connectivity index (χ0v) is 6.62. The van der Waals surface area contributed by atoms with Crippen LogP contribution in [0.3, 0.4) is 0 Å². The topological polar surface area (TPSA) is 40.5 Å². The summed E-state index contributed by atoms with van der Waals surface area (Å²) < 4.78 is 0. The van der Waals surface area contributed by atoms with E-state index in [1.807, 2.05) is 13.8 Å². The molecule has 2 N–H and O–H groups in total. The minimum atomic E-state index is -0.690. The van der Waals surface area contributed by atoms with Crippen LogP contribution in [-0.4, -0.2) is 22.4 Å². The van der Waals surface area contributed by atoms with Crippen LogP contribution in [0.15, 0.2) is 12.2 Å².